The Morgan fingerprint density at radius 3 is 2.19 bits per heavy atom. The fourth-order valence-corrected chi connectivity index (χ4v) is 1.11. The van der Waals surface area contributed by atoms with E-state index in [0.717, 1.165) is 12.8 Å². The number of esters is 1. The normalized spacial score (nSPS) is 10.8. The lowest BCUT2D eigenvalue weighted by molar-refractivity contribution is -0.141. The number of amides is 2. The third kappa shape index (κ3) is 5.58. The van der Waals surface area contributed by atoms with Crippen LogP contribution in [0.4, 0.5) is 4.79 Å². The molecule has 0 saturated carbocycles. The molecule has 2 amide bonds. The Morgan fingerprint density at radius 2 is 1.75 bits per heavy atom. The second kappa shape index (κ2) is 7.09. The zero-order chi connectivity index (χ0) is 12.6. The highest BCUT2D eigenvalue weighted by Crippen LogP contribution is 2.12. The number of rotatable bonds is 6. The van der Waals surface area contributed by atoms with Crippen molar-refractivity contribution in [3.05, 3.63) is 0 Å². The molecule has 0 radical (unpaired) electrons. The van der Waals surface area contributed by atoms with Crippen molar-refractivity contribution in [2.45, 2.75) is 46.1 Å². The second-order valence-electron chi connectivity index (χ2n) is 3.88. The topological polar surface area (TPSA) is 67.4 Å². The molecule has 0 saturated heterocycles. The molecule has 0 rings (SSSR count). The zero-order valence-corrected chi connectivity index (χ0v) is 10.6. The summed E-state index contributed by atoms with van der Waals surface area (Å²) >= 11 is 0. The highest BCUT2D eigenvalue weighted by Gasteiger charge is 2.21. The molecule has 0 aromatic carbocycles. The quantitative estimate of drug-likeness (QED) is 0.678. The van der Waals surface area contributed by atoms with E-state index >= 15 is 0 Å². The minimum atomic E-state index is -0.424. The molecule has 2 N–H and O–H groups in total. The Balaban J connectivity index is 3.95. The number of hydrogen-bond donors (Lipinski definition) is 2. The van der Waals surface area contributed by atoms with Crippen molar-refractivity contribution < 1.29 is 14.3 Å². The number of ether oxygens (including phenoxy) is 1. The van der Waals surface area contributed by atoms with E-state index in [1.54, 1.807) is 6.92 Å². The van der Waals surface area contributed by atoms with Gasteiger partial charge in [0.15, 0.2) is 0 Å². The van der Waals surface area contributed by atoms with Crippen molar-refractivity contribution in [3.8, 4) is 0 Å². The van der Waals surface area contributed by atoms with Crippen LogP contribution in [0.1, 0.15) is 40.5 Å². The molecule has 0 bridgehead atoms. The fourth-order valence-electron chi connectivity index (χ4n) is 1.11. The molecule has 16 heavy (non-hydrogen) atoms. The minimum Gasteiger partial charge on any atom is -0.465 e. The van der Waals surface area contributed by atoms with Crippen LogP contribution < -0.4 is 10.6 Å². The van der Waals surface area contributed by atoms with Crippen LogP contribution in [0.25, 0.3) is 0 Å². The number of nitrogens with one attached hydrogen (secondary N) is 2. The molecule has 0 aliphatic rings. The average Bonchev–Trinajstić information content (AvgIpc) is 2.26. The Hall–Kier alpha value is -1.26. The summed E-state index contributed by atoms with van der Waals surface area (Å²) in [5.74, 6) is -0.424. The first-order chi connectivity index (χ1) is 7.47. The van der Waals surface area contributed by atoms with Gasteiger partial charge in [-0.25, -0.2) is 4.79 Å². The van der Waals surface area contributed by atoms with Crippen LogP contribution in [0.15, 0.2) is 0 Å². The van der Waals surface area contributed by atoms with Crippen LogP contribution >= 0.6 is 0 Å². The summed E-state index contributed by atoms with van der Waals surface area (Å²) in [6, 6.07) is -0.334. The fraction of sp³-hybridized carbons (Fsp3) is 0.818. The maximum atomic E-state index is 11.5. The lowest BCUT2D eigenvalue weighted by Crippen LogP contribution is -2.50. The van der Waals surface area contributed by atoms with Crippen molar-refractivity contribution in [2.24, 2.45) is 0 Å². The summed E-state index contributed by atoms with van der Waals surface area (Å²) in [5.41, 5.74) is -0.223. The first-order valence-electron chi connectivity index (χ1n) is 5.69. The summed E-state index contributed by atoms with van der Waals surface area (Å²) in [6.45, 7) is 7.94. The molecular formula is C11H22N2O3. The molecule has 0 unspecified atom stereocenters. The number of carbonyl (C=O) groups is 2. The Bertz CT molecular complexity index is 237. The molecule has 94 valence electrons. The maximum absolute atomic E-state index is 11.5. The van der Waals surface area contributed by atoms with Gasteiger partial charge in [0.1, 0.15) is 6.54 Å². The van der Waals surface area contributed by atoms with Crippen LogP contribution in [-0.4, -0.2) is 30.7 Å². The van der Waals surface area contributed by atoms with Gasteiger partial charge in [0.05, 0.1) is 6.61 Å². The minimum absolute atomic E-state index is 0.0941. The van der Waals surface area contributed by atoms with E-state index in [1.165, 1.54) is 0 Å². The summed E-state index contributed by atoms with van der Waals surface area (Å²) in [5, 5.41) is 5.30. The molecular weight excluding hydrogens is 208 g/mol. The average molecular weight is 230 g/mol. The molecule has 0 atom stereocenters. The summed E-state index contributed by atoms with van der Waals surface area (Å²) < 4.78 is 4.69. The number of urea groups is 1. The van der Waals surface area contributed by atoms with Gasteiger partial charge < -0.3 is 15.4 Å². The molecule has 0 fully saturated rings. The second-order valence-corrected chi connectivity index (χ2v) is 3.88. The van der Waals surface area contributed by atoms with E-state index < -0.39 is 5.97 Å². The van der Waals surface area contributed by atoms with Gasteiger partial charge in [-0.05, 0) is 26.7 Å². The molecule has 0 aromatic rings. The van der Waals surface area contributed by atoms with Crippen molar-refractivity contribution in [3.63, 3.8) is 0 Å². The standard InChI is InChI=1S/C11H22N2O3/c1-5-11(4,6-2)13-10(15)12-8-9(14)16-7-3/h5-8H2,1-4H3,(H2,12,13,15). The maximum Gasteiger partial charge on any atom is 0.325 e. The molecule has 0 heterocycles. The predicted octanol–water partition coefficient (Wildman–Crippen LogP) is 1.43. The molecule has 5 heteroatoms. The molecule has 0 spiro atoms. The van der Waals surface area contributed by atoms with Gasteiger partial charge in [-0.3, -0.25) is 4.79 Å². The lowest BCUT2D eigenvalue weighted by atomic mass is 9.96. The zero-order valence-electron chi connectivity index (χ0n) is 10.6. The summed E-state index contributed by atoms with van der Waals surface area (Å²) in [7, 11) is 0. The third-order valence-electron chi connectivity index (χ3n) is 2.67. The van der Waals surface area contributed by atoms with Gasteiger partial charge in [-0.2, -0.15) is 0 Å². The van der Waals surface area contributed by atoms with E-state index in [9.17, 15) is 9.59 Å². The third-order valence-corrected chi connectivity index (χ3v) is 2.67. The van der Waals surface area contributed by atoms with Crippen LogP contribution in [0.3, 0.4) is 0 Å². The van der Waals surface area contributed by atoms with Gasteiger partial charge in [-0.15, -0.1) is 0 Å². The summed E-state index contributed by atoms with van der Waals surface area (Å²) in [4.78, 5) is 22.4. The largest absolute Gasteiger partial charge is 0.465 e. The van der Waals surface area contributed by atoms with Crippen LogP contribution in [0, 0.1) is 0 Å². The Morgan fingerprint density at radius 1 is 1.19 bits per heavy atom. The SMILES string of the molecule is CCOC(=O)CNC(=O)NC(C)(CC)CC. The number of carbonyl (C=O) groups excluding carboxylic acids is 2. The smallest absolute Gasteiger partial charge is 0.325 e. The molecule has 0 aromatic heterocycles. The van der Waals surface area contributed by atoms with Gasteiger partial charge in [0.25, 0.3) is 0 Å². The molecule has 0 aliphatic carbocycles. The van der Waals surface area contributed by atoms with Gasteiger partial charge in [0.2, 0.25) is 0 Å². The monoisotopic (exact) mass is 230 g/mol. The van der Waals surface area contributed by atoms with E-state index in [2.05, 4.69) is 10.6 Å². The van der Waals surface area contributed by atoms with Crippen molar-refractivity contribution in [1.82, 2.24) is 10.6 Å². The highest BCUT2D eigenvalue weighted by molar-refractivity contribution is 5.81. The van der Waals surface area contributed by atoms with Crippen molar-refractivity contribution in [2.75, 3.05) is 13.2 Å². The summed E-state index contributed by atoms with van der Waals surface area (Å²) in [6.07, 6.45) is 1.69. The molecule has 5 nitrogen and oxygen atoms in total. The van der Waals surface area contributed by atoms with Gasteiger partial charge in [-0.1, -0.05) is 13.8 Å². The van der Waals surface area contributed by atoms with Crippen molar-refractivity contribution in [1.29, 1.82) is 0 Å². The Labute approximate surface area is 96.9 Å². The lowest BCUT2D eigenvalue weighted by Gasteiger charge is -2.28. The van der Waals surface area contributed by atoms with E-state index in [-0.39, 0.29) is 18.1 Å². The van der Waals surface area contributed by atoms with E-state index in [4.69, 9.17) is 4.74 Å². The van der Waals surface area contributed by atoms with E-state index in [0.29, 0.717) is 6.61 Å². The van der Waals surface area contributed by atoms with E-state index in [1.807, 2.05) is 20.8 Å². The van der Waals surface area contributed by atoms with Crippen molar-refractivity contribution >= 4 is 12.0 Å². The number of hydrogen-bond acceptors (Lipinski definition) is 3. The molecule has 0 aliphatic heterocycles. The van der Waals surface area contributed by atoms with Crippen LogP contribution in [0.2, 0.25) is 0 Å². The highest BCUT2D eigenvalue weighted by atomic mass is 16.5. The first-order valence-corrected chi connectivity index (χ1v) is 5.69. The predicted molar refractivity (Wildman–Crippen MR) is 62.2 cm³/mol. The van der Waals surface area contributed by atoms with Gasteiger partial charge in [0, 0.05) is 5.54 Å². The van der Waals surface area contributed by atoms with Crippen LogP contribution in [-0.2, 0) is 9.53 Å². The first kappa shape index (κ1) is 14.7. The van der Waals surface area contributed by atoms with Crippen LogP contribution in [0.5, 0.6) is 0 Å². The Kier molecular flexibility index (Phi) is 6.53. The van der Waals surface area contributed by atoms with Gasteiger partial charge >= 0.3 is 12.0 Å².